The fourth-order valence-corrected chi connectivity index (χ4v) is 4.78. The van der Waals surface area contributed by atoms with Gasteiger partial charge in [0.1, 0.15) is 0 Å². The van der Waals surface area contributed by atoms with Crippen molar-refractivity contribution in [3.8, 4) is 0 Å². The molecule has 0 unspecified atom stereocenters. The SMILES string of the molecule is CCN([C@@H]1CCS(=O)(=O)C1)S(C)(=O)=O. The van der Waals surface area contributed by atoms with E-state index in [1.807, 2.05) is 0 Å². The normalized spacial score (nSPS) is 26.9. The van der Waals surface area contributed by atoms with Crippen LogP contribution in [0.25, 0.3) is 0 Å². The van der Waals surface area contributed by atoms with Crippen molar-refractivity contribution < 1.29 is 16.8 Å². The Morgan fingerprint density at radius 2 is 2.00 bits per heavy atom. The third-order valence-electron chi connectivity index (χ3n) is 2.35. The Morgan fingerprint density at radius 1 is 1.43 bits per heavy atom. The minimum Gasteiger partial charge on any atom is -0.229 e. The fourth-order valence-electron chi connectivity index (χ4n) is 1.77. The predicted octanol–water partition coefficient (Wildman–Crippen LogP) is -0.545. The van der Waals surface area contributed by atoms with E-state index in [0.717, 1.165) is 6.26 Å². The highest BCUT2D eigenvalue weighted by molar-refractivity contribution is 7.92. The second-order valence-corrected chi connectivity index (χ2v) is 7.69. The van der Waals surface area contributed by atoms with Crippen molar-refractivity contribution in [3.05, 3.63) is 0 Å². The van der Waals surface area contributed by atoms with Gasteiger partial charge in [0.05, 0.1) is 17.8 Å². The van der Waals surface area contributed by atoms with Gasteiger partial charge >= 0.3 is 0 Å². The third kappa shape index (κ3) is 2.68. The maximum absolute atomic E-state index is 11.3. The lowest BCUT2D eigenvalue weighted by molar-refractivity contribution is 0.357. The molecule has 0 amide bonds. The molecule has 1 fully saturated rings. The van der Waals surface area contributed by atoms with E-state index in [9.17, 15) is 16.8 Å². The Labute approximate surface area is 85.1 Å². The van der Waals surface area contributed by atoms with Crippen molar-refractivity contribution in [2.24, 2.45) is 0 Å². The zero-order chi connectivity index (χ0) is 11.0. The van der Waals surface area contributed by atoms with Crippen LogP contribution in [-0.4, -0.2) is 51.5 Å². The Balaban J connectivity index is 2.85. The van der Waals surface area contributed by atoms with E-state index in [0.29, 0.717) is 13.0 Å². The molecule has 0 aromatic carbocycles. The summed E-state index contributed by atoms with van der Waals surface area (Å²) in [6.45, 7) is 2.05. The Kier molecular flexibility index (Phi) is 3.23. The zero-order valence-electron chi connectivity index (χ0n) is 8.30. The lowest BCUT2D eigenvalue weighted by atomic mass is 10.3. The molecule has 0 spiro atoms. The van der Waals surface area contributed by atoms with Crippen LogP contribution in [-0.2, 0) is 19.9 Å². The molecule has 0 N–H and O–H groups in total. The summed E-state index contributed by atoms with van der Waals surface area (Å²) in [5.74, 6) is 0.0671. The van der Waals surface area contributed by atoms with Crippen LogP contribution in [0.15, 0.2) is 0 Å². The molecular formula is C7H15NO4S2. The van der Waals surface area contributed by atoms with E-state index in [4.69, 9.17) is 0 Å². The molecule has 1 aliphatic heterocycles. The minimum atomic E-state index is -3.28. The summed E-state index contributed by atoms with van der Waals surface area (Å²) >= 11 is 0. The first-order valence-electron chi connectivity index (χ1n) is 4.43. The second-order valence-electron chi connectivity index (χ2n) is 3.52. The summed E-state index contributed by atoms with van der Waals surface area (Å²) in [7, 11) is -6.30. The first-order chi connectivity index (χ1) is 6.26. The molecule has 5 nitrogen and oxygen atoms in total. The number of nitrogens with zero attached hydrogens (tertiary/aromatic N) is 1. The number of sulfone groups is 1. The van der Waals surface area contributed by atoms with Crippen molar-refractivity contribution in [1.29, 1.82) is 0 Å². The number of sulfonamides is 1. The molecule has 0 aromatic heterocycles. The van der Waals surface area contributed by atoms with E-state index in [1.54, 1.807) is 6.92 Å². The van der Waals surface area contributed by atoms with Crippen LogP contribution in [0.5, 0.6) is 0 Å². The van der Waals surface area contributed by atoms with E-state index in [2.05, 4.69) is 0 Å². The van der Waals surface area contributed by atoms with Gasteiger partial charge in [-0.3, -0.25) is 0 Å². The van der Waals surface area contributed by atoms with Gasteiger partial charge in [0.15, 0.2) is 9.84 Å². The minimum absolute atomic E-state index is 0.0338. The average Bonchev–Trinajstić information content (AvgIpc) is 2.29. The van der Waals surface area contributed by atoms with Crippen LogP contribution >= 0.6 is 0 Å². The monoisotopic (exact) mass is 241 g/mol. The number of hydrogen-bond donors (Lipinski definition) is 0. The third-order valence-corrected chi connectivity index (χ3v) is 5.51. The highest BCUT2D eigenvalue weighted by Crippen LogP contribution is 2.19. The molecule has 0 aliphatic carbocycles. The lowest BCUT2D eigenvalue weighted by Crippen LogP contribution is -2.40. The van der Waals surface area contributed by atoms with Gasteiger partial charge in [-0.05, 0) is 6.42 Å². The molecule has 0 aromatic rings. The summed E-state index contributed by atoms with van der Waals surface area (Å²) in [5.41, 5.74) is 0. The van der Waals surface area contributed by atoms with Gasteiger partial charge in [-0.2, -0.15) is 4.31 Å². The van der Waals surface area contributed by atoms with Crippen LogP contribution in [0.3, 0.4) is 0 Å². The van der Waals surface area contributed by atoms with E-state index < -0.39 is 19.9 Å². The van der Waals surface area contributed by atoms with Gasteiger partial charge in [0.25, 0.3) is 0 Å². The van der Waals surface area contributed by atoms with Crippen molar-refractivity contribution >= 4 is 19.9 Å². The second kappa shape index (κ2) is 3.79. The van der Waals surface area contributed by atoms with Gasteiger partial charge in [-0.15, -0.1) is 0 Å². The molecule has 1 rings (SSSR count). The van der Waals surface area contributed by atoms with Gasteiger partial charge < -0.3 is 0 Å². The average molecular weight is 241 g/mol. The summed E-state index contributed by atoms with van der Waals surface area (Å²) in [6.07, 6.45) is 1.53. The van der Waals surface area contributed by atoms with E-state index >= 15 is 0 Å². The summed E-state index contributed by atoms with van der Waals surface area (Å²) in [6, 6.07) is -0.361. The molecule has 1 heterocycles. The molecule has 1 aliphatic rings. The molecule has 1 atom stereocenters. The van der Waals surface area contributed by atoms with Crippen LogP contribution in [0, 0.1) is 0 Å². The summed E-state index contributed by atoms with van der Waals surface area (Å²) in [5, 5.41) is 0. The molecule has 7 heteroatoms. The topological polar surface area (TPSA) is 71.5 Å². The van der Waals surface area contributed by atoms with Crippen LogP contribution < -0.4 is 0 Å². The zero-order valence-corrected chi connectivity index (χ0v) is 9.94. The lowest BCUT2D eigenvalue weighted by Gasteiger charge is -2.23. The first-order valence-corrected chi connectivity index (χ1v) is 8.10. The molecule has 0 radical (unpaired) electrons. The maximum atomic E-state index is 11.3. The molecule has 84 valence electrons. The van der Waals surface area contributed by atoms with Crippen molar-refractivity contribution in [1.82, 2.24) is 4.31 Å². The van der Waals surface area contributed by atoms with Gasteiger partial charge in [0.2, 0.25) is 10.0 Å². The smallest absolute Gasteiger partial charge is 0.211 e. The van der Waals surface area contributed by atoms with Crippen molar-refractivity contribution in [2.45, 2.75) is 19.4 Å². The van der Waals surface area contributed by atoms with Crippen LogP contribution in [0.2, 0.25) is 0 Å². The maximum Gasteiger partial charge on any atom is 0.211 e. The highest BCUT2D eigenvalue weighted by Gasteiger charge is 2.35. The Hall–Kier alpha value is -0.140. The van der Waals surface area contributed by atoms with Gasteiger partial charge in [0, 0.05) is 12.6 Å². The molecular weight excluding hydrogens is 226 g/mol. The number of rotatable bonds is 3. The first kappa shape index (κ1) is 11.9. The Morgan fingerprint density at radius 3 is 2.29 bits per heavy atom. The standard InChI is InChI=1S/C7H15NO4S2/c1-3-8(13(2,9)10)7-4-5-14(11,12)6-7/h7H,3-6H2,1-2H3/t7-/m1/s1. The quantitative estimate of drug-likeness (QED) is 0.665. The molecule has 0 bridgehead atoms. The number of hydrogen-bond acceptors (Lipinski definition) is 4. The van der Waals surface area contributed by atoms with Gasteiger partial charge in [-0.25, -0.2) is 16.8 Å². The molecule has 0 saturated carbocycles. The highest BCUT2D eigenvalue weighted by atomic mass is 32.2. The largest absolute Gasteiger partial charge is 0.229 e. The molecule has 14 heavy (non-hydrogen) atoms. The summed E-state index contributed by atoms with van der Waals surface area (Å²) in [4.78, 5) is 0. The van der Waals surface area contributed by atoms with Crippen LogP contribution in [0.1, 0.15) is 13.3 Å². The van der Waals surface area contributed by atoms with Crippen molar-refractivity contribution in [3.63, 3.8) is 0 Å². The molecule has 1 saturated heterocycles. The van der Waals surface area contributed by atoms with Crippen LogP contribution in [0.4, 0.5) is 0 Å². The Bertz CT molecular complexity index is 397. The van der Waals surface area contributed by atoms with E-state index in [-0.39, 0.29) is 17.5 Å². The summed E-state index contributed by atoms with van der Waals surface area (Å²) < 4.78 is 46.2. The van der Waals surface area contributed by atoms with Crippen molar-refractivity contribution in [2.75, 3.05) is 24.3 Å². The van der Waals surface area contributed by atoms with E-state index in [1.165, 1.54) is 4.31 Å². The predicted molar refractivity (Wildman–Crippen MR) is 54.3 cm³/mol. The van der Waals surface area contributed by atoms with Gasteiger partial charge in [-0.1, -0.05) is 6.92 Å². The fraction of sp³-hybridized carbons (Fsp3) is 1.00.